The van der Waals surface area contributed by atoms with Crippen LogP contribution in [-0.2, 0) is 4.74 Å². The van der Waals surface area contributed by atoms with E-state index >= 15 is 0 Å². The summed E-state index contributed by atoms with van der Waals surface area (Å²) in [6, 6.07) is 11.7. The van der Waals surface area contributed by atoms with Gasteiger partial charge < -0.3 is 14.2 Å². The van der Waals surface area contributed by atoms with Gasteiger partial charge in [0, 0.05) is 18.1 Å². The number of halogens is 1. The summed E-state index contributed by atoms with van der Waals surface area (Å²) in [6.45, 7) is 0. The molecule has 0 bridgehead atoms. The fourth-order valence-electron chi connectivity index (χ4n) is 3.88. The maximum Gasteiger partial charge on any atom is 0.343 e. The summed E-state index contributed by atoms with van der Waals surface area (Å²) in [5, 5.41) is 26.8. The molecule has 0 fully saturated rings. The standard InChI is InChI=1S/C24H19FN4O8/c1-35-20-10-8-16-21(37-24(30)22(16)23(20)36-2)12-18(13-3-5-14(25)6-4-13)27-26-17-9-7-15(28(31)32)11-19(17)29(33)34/h3-11,21,26H,12H2,1-2H3/b27-18-/t21-/m0/s1. The number of benzene rings is 3. The highest BCUT2D eigenvalue weighted by molar-refractivity contribution is 6.03. The van der Waals surface area contributed by atoms with Crippen LogP contribution in [0.5, 0.6) is 11.5 Å². The van der Waals surface area contributed by atoms with Crippen molar-refractivity contribution in [3.05, 3.63) is 97.3 Å². The average molecular weight is 510 g/mol. The molecule has 0 amide bonds. The molecule has 1 heterocycles. The molecule has 0 saturated heterocycles. The van der Waals surface area contributed by atoms with Crippen molar-refractivity contribution in [2.75, 3.05) is 19.6 Å². The molecule has 12 nitrogen and oxygen atoms in total. The van der Waals surface area contributed by atoms with Crippen LogP contribution in [0.4, 0.5) is 21.5 Å². The lowest BCUT2D eigenvalue weighted by Gasteiger charge is -2.15. The molecule has 1 atom stereocenters. The van der Waals surface area contributed by atoms with Crippen LogP contribution in [0.25, 0.3) is 0 Å². The van der Waals surface area contributed by atoms with E-state index in [0.29, 0.717) is 16.9 Å². The zero-order valence-corrected chi connectivity index (χ0v) is 19.5. The second-order valence-electron chi connectivity index (χ2n) is 7.76. The highest BCUT2D eigenvalue weighted by atomic mass is 19.1. The Kier molecular flexibility index (Phi) is 6.95. The highest BCUT2D eigenvalue weighted by Crippen LogP contribution is 2.43. The highest BCUT2D eigenvalue weighted by Gasteiger charge is 2.36. The summed E-state index contributed by atoms with van der Waals surface area (Å²) in [6.07, 6.45) is -0.798. The van der Waals surface area contributed by atoms with Crippen LogP contribution in [0.15, 0.2) is 59.7 Å². The first kappa shape index (κ1) is 25.0. The molecule has 4 rings (SSSR count). The van der Waals surface area contributed by atoms with E-state index in [1.165, 1.54) is 38.5 Å². The van der Waals surface area contributed by atoms with E-state index in [2.05, 4.69) is 10.5 Å². The molecule has 0 unspecified atom stereocenters. The molecule has 0 saturated carbocycles. The Morgan fingerprint density at radius 1 is 1.05 bits per heavy atom. The quantitative estimate of drug-likeness (QED) is 0.185. The third-order valence-corrected chi connectivity index (χ3v) is 5.63. The number of hydrazone groups is 1. The molecular weight excluding hydrogens is 491 g/mol. The van der Waals surface area contributed by atoms with Crippen LogP contribution in [0.2, 0.25) is 0 Å². The summed E-state index contributed by atoms with van der Waals surface area (Å²) in [5.41, 5.74) is 2.87. The normalized spacial score (nSPS) is 14.5. The van der Waals surface area contributed by atoms with E-state index in [0.717, 1.165) is 18.2 Å². The second kappa shape index (κ2) is 10.3. The van der Waals surface area contributed by atoms with Crippen molar-refractivity contribution in [3.63, 3.8) is 0 Å². The summed E-state index contributed by atoms with van der Waals surface area (Å²) in [5.74, 6) is -0.560. The van der Waals surface area contributed by atoms with Gasteiger partial charge in [-0.15, -0.1) is 0 Å². The van der Waals surface area contributed by atoms with Gasteiger partial charge in [0.2, 0.25) is 0 Å². The molecular formula is C24H19FN4O8. The minimum absolute atomic E-state index is 0.00757. The van der Waals surface area contributed by atoms with Crippen LogP contribution in [0, 0.1) is 26.0 Å². The number of fused-ring (bicyclic) bond motifs is 1. The number of hydrogen-bond acceptors (Lipinski definition) is 10. The lowest BCUT2D eigenvalue weighted by molar-refractivity contribution is -0.393. The van der Waals surface area contributed by atoms with Crippen molar-refractivity contribution in [2.24, 2.45) is 5.10 Å². The van der Waals surface area contributed by atoms with Gasteiger partial charge in [-0.05, 0) is 29.8 Å². The SMILES string of the molecule is COc1ccc2c(c1OC)C(=O)O[C@H]2C/C(=N/Nc1ccc([N+](=O)[O-])cc1[N+](=O)[O-])c1ccc(F)cc1. The number of cyclic esters (lactones) is 1. The number of rotatable bonds is 9. The van der Waals surface area contributed by atoms with Crippen LogP contribution < -0.4 is 14.9 Å². The van der Waals surface area contributed by atoms with Gasteiger partial charge in [-0.2, -0.15) is 5.10 Å². The minimum atomic E-state index is -0.806. The maximum atomic E-state index is 13.6. The molecule has 0 spiro atoms. The molecule has 1 aliphatic rings. The first-order valence-corrected chi connectivity index (χ1v) is 10.7. The van der Waals surface area contributed by atoms with Crippen molar-refractivity contribution in [3.8, 4) is 11.5 Å². The van der Waals surface area contributed by atoms with Gasteiger partial charge in [-0.3, -0.25) is 25.7 Å². The predicted molar refractivity (Wildman–Crippen MR) is 129 cm³/mol. The zero-order valence-electron chi connectivity index (χ0n) is 19.5. The fraction of sp³-hybridized carbons (Fsp3) is 0.167. The Balaban J connectivity index is 1.73. The largest absolute Gasteiger partial charge is 0.493 e. The van der Waals surface area contributed by atoms with E-state index in [1.807, 2.05) is 0 Å². The fourth-order valence-corrected chi connectivity index (χ4v) is 3.88. The third-order valence-electron chi connectivity index (χ3n) is 5.63. The lowest BCUT2D eigenvalue weighted by atomic mass is 9.97. The molecule has 3 aromatic rings. The summed E-state index contributed by atoms with van der Waals surface area (Å²) in [7, 11) is 2.83. The Bertz CT molecular complexity index is 1420. The van der Waals surface area contributed by atoms with Gasteiger partial charge in [0.05, 0.1) is 35.8 Å². The number of hydrogen-bond donors (Lipinski definition) is 1. The van der Waals surface area contributed by atoms with Crippen molar-refractivity contribution in [1.82, 2.24) is 0 Å². The van der Waals surface area contributed by atoms with E-state index < -0.39 is 39.1 Å². The topological polar surface area (TPSA) is 155 Å². The third kappa shape index (κ3) is 5.00. The van der Waals surface area contributed by atoms with Gasteiger partial charge in [0.25, 0.3) is 5.69 Å². The average Bonchev–Trinajstić information content (AvgIpc) is 3.21. The minimum Gasteiger partial charge on any atom is -0.493 e. The van der Waals surface area contributed by atoms with Crippen molar-refractivity contribution >= 4 is 28.7 Å². The van der Waals surface area contributed by atoms with Crippen LogP contribution in [0.1, 0.15) is 34.0 Å². The Morgan fingerprint density at radius 3 is 2.41 bits per heavy atom. The number of esters is 1. The van der Waals surface area contributed by atoms with Gasteiger partial charge >= 0.3 is 11.7 Å². The van der Waals surface area contributed by atoms with E-state index in [1.54, 1.807) is 12.1 Å². The number of methoxy groups -OCH3 is 2. The molecule has 1 aliphatic heterocycles. The number of nitro benzene ring substituents is 2. The number of nitro groups is 2. The number of carbonyl (C=O) groups excluding carboxylic acids is 1. The van der Waals surface area contributed by atoms with Gasteiger partial charge in [0.15, 0.2) is 11.5 Å². The van der Waals surface area contributed by atoms with E-state index in [9.17, 15) is 29.4 Å². The molecule has 13 heteroatoms. The number of anilines is 1. The maximum absolute atomic E-state index is 13.6. The van der Waals surface area contributed by atoms with E-state index in [4.69, 9.17) is 14.2 Å². The Labute approximate surface area is 208 Å². The number of non-ortho nitro benzene ring substituents is 1. The van der Waals surface area contributed by atoms with E-state index in [-0.39, 0.29) is 29.1 Å². The lowest BCUT2D eigenvalue weighted by Crippen LogP contribution is -2.11. The molecule has 0 radical (unpaired) electrons. The predicted octanol–water partition coefficient (Wildman–Crippen LogP) is 4.78. The number of ether oxygens (including phenoxy) is 3. The second-order valence-corrected chi connectivity index (χ2v) is 7.76. The van der Waals surface area contributed by atoms with Crippen molar-refractivity contribution < 1.29 is 33.2 Å². The van der Waals surface area contributed by atoms with Crippen LogP contribution >= 0.6 is 0 Å². The van der Waals surface area contributed by atoms with Crippen LogP contribution in [0.3, 0.4) is 0 Å². The monoisotopic (exact) mass is 510 g/mol. The van der Waals surface area contributed by atoms with Crippen LogP contribution in [-0.4, -0.2) is 35.7 Å². The molecule has 3 aromatic carbocycles. The smallest absolute Gasteiger partial charge is 0.343 e. The number of nitrogens with zero attached hydrogens (tertiary/aromatic N) is 3. The van der Waals surface area contributed by atoms with Gasteiger partial charge in [-0.25, -0.2) is 9.18 Å². The van der Waals surface area contributed by atoms with Crippen molar-refractivity contribution in [2.45, 2.75) is 12.5 Å². The zero-order chi connectivity index (χ0) is 26.7. The molecule has 1 N–H and O–H groups in total. The Morgan fingerprint density at radius 2 is 1.78 bits per heavy atom. The molecule has 190 valence electrons. The summed E-state index contributed by atoms with van der Waals surface area (Å²) >= 11 is 0. The summed E-state index contributed by atoms with van der Waals surface area (Å²) < 4.78 is 29.7. The van der Waals surface area contributed by atoms with Gasteiger partial charge in [-0.1, -0.05) is 18.2 Å². The van der Waals surface area contributed by atoms with Gasteiger partial charge in [0.1, 0.15) is 23.2 Å². The number of carbonyl (C=O) groups is 1. The summed E-state index contributed by atoms with van der Waals surface area (Å²) in [4.78, 5) is 33.7. The first-order valence-electron chi connectivity index (χ1n) is 10.7. The molecule has 0 aliphatic carbocycles. The molecule has 0 aromatic heterocycles. The molecule has 37 heavy (non-hydrogen) atoms. The first-order chi connectivity index (χ1) is 17.7. The van der Waals surface area contributed by atoms with Crippen molar-refractivity contribution in [1.29, 1.82) is 0 Å². The number of nitrogens with one attached hydrogen (secondary N) is 1. The Hall–Kier alpha value is -5.07.